The number of benzene rings is 1. The van der Waals surface area contributed by atoms with Crippen molar-refractivity contribution in [2.24, 2.45) is 0 Å². The lowest BCUT2D eigenvalue weighted by atomic mass is 10.1. The van der Waals surface area contributed by atoms with Crippen molar-refractivity contribution in [3.63, 3.8) is 0 Å². The molecule has 0 saturated heterocycles. The monoisotopic (exact) mass is 268 g/mol. The molecule has 0 saturated carbocycles. The molecule has 0 aliphatic rings. The molecular formula is C13H17ClN2O2. The van der Waals surface area contributed by atoms with E-state index in [0.29, 0.717) is 11.3 Å². The fraction of sp³-hybridized carbons (Fsp3) is 0.385. The van der Waals surface area contributed by atoms with Crippen LogP contribution in [0.4, 0.5) is 5.69 Å². The Morgan fingerprint density at radius 3 is 2.44 bits per heavy atom. The second kappa shape index (κ2) is 6.40. The zero-order valence-corrected chi connectivity index (χ0v) is 11.4. The number of alkyl halides is 1. The minimum atomic E-state index is -0.613. The second-order valence-corrected chi connectivity index (χ2v) is 4.97. The van der Waals surface area contributed by atoms with Gasteiger partial charge in [-0.1, -0.05) is 6.07 Å². The largest absolute Gasteiger partial charge is 0.350 e. The smallest absolute Gasteiger partial charge is 0.251 e. The third-order valence-corrected chi connectivity index (χ3v) is 2.37. The van der Waals surface area contributed by atoms with Crippen molar-refractivity contribution in [1.82, 2.24) is 5.32 Å². The van der Waals surface area contributed by atoms with Crippen LogP contribution in [0, 0.1) is 0 Å². The SMILES string of the molecule is CC(C)NC(=O)c1cccc(NC(=O)C(C)Cl)c1. The lowest BCUT2D eigenvalue weighted by molar-refractivity contribution is -0.115. The number of halogens is 1. The first-order valence-corrected chi connectivity index (χ1v) is 6.19. The van der Waals surface area contributed by atoms with Crippen LogP contribution in [0.5, 0.6) is 0 Å². The topological polar surface area (TPSA) is 58.2 Å². The van der Waals surface area contributed by atoms with Gasteiger partial charge in [-0.25, -0.2) is 0 Å². The van der Waals surface area contributed by atoms with E-state index in [-0.39, 0.29) is 17.9 Å². The highest BCUT2D eigenvalue weighted by Gasteiger charge is 2.11. The number of hydrogen-bond acceptors (Lipinski definition) is 2. The van der Waals surface area contributed by atoms with Gasteiger partial charge in [0.15, 0.2) is 0 Å². The summed E-state index contributed by atoms with van der Waals surface area (Å²) in [6.45, 7) is 5.36. The van der Waals surface area contributed by atoms with Crippen LogP contribution in [0.1, 0.15) is 31.1 Å². The Bertz CT molecular complexity index is 444. The van der Waals surface area contributed by atoms with Gasteiger partial charge in [0.1, 0.15) is 5.38 Å². The van der Waals surface area contributed by atoms with Crippen LogP contribution in [0.2, 0.25) is 0 Å². The van der Waals surface area contributed by atoms with Crippen molar-refractivity contribution in [2.45, 2.75) is 32.2 Å². The predicted octanol–water partition coefficient (Wildman–Crippen LogP) is 2.39. The van der Waals surface area contributed by atoms with Crippen molar-refractivity contribution in [1.29, 1.82) is 0 Å². The quantitative estimate of drug-likeness (QED) is 0.824. The van der Waals surface area contributed by atoms with Crippen molar-refractivity contribution in [3.05, 3.63) is 29.8 Å². The van der Waals surface area contributed by atoms with Crippen LogP contribution >= 0.6 is 11.6 Å². The summed E-state index contributed by atoms with van der Waals surface area (Å²) in [5.74, 6) is -0.460. The Morgan fingerprint density at radius 1 is 1.22 bits per heavy atom. The van der Waals surface area contributed by atoms with Crippen molar-refractivity contribution >= 4 is 29.1 Å². The van der Waals surface area contributed by atoms with Crippen molar-refractivity contribution in [3.8, 4) is 0 Å². The first-order valence-electron chi connectivity index (χ1n) is 5.76. The van der Waals surface area contributed by atoms with E-state index < -0.39 is 5.38 Å². The highest BCUT2D eigenvalue weighted by Crippen LogP contribution is 2.12. The van der Waals surface area contributed by atoms with Gasteiger partial charge in [-0.3, -0.25) is 9.59 Å². The lowest BCUT2D eigenvalue weighted by Gasteiger charge is -2.10. The van der Waals surface area contributed by atoms with E-state index in [1.807, 2.05) is 13.8 Å². The number of nitrogens with one attached hydrogen (secondary N) is 2. The Hall–Kier alpha value is -1.55. The maximum atomic E-state index is 11.8. The normalized spacial score (nSPS) is 12.1. The van der Waals surface area contributed by atoms with Crippen molar-refractivity contribution < 1.29 is 9.59 Å². The molecule has 0 aliphatic carbocycles. The van der Waals surface area contributed by atoms with E-state index in [2.05, 4.69) is 10.6 Å². The Balaban J connectivity index is 2.79. The molecule has 1 aromatic carbocycles. The summed E-state index contributed by atoms with van der Waals surface area (Å²) in [5, 5.41) is 4.81. The van der Waals surface area contributed by atoms with E-state index in [0.717, 1.165) is 0 Å². The summed E-state index contributed by atoms with van der Waals surface area (Å²) < 4.78 is 0. The average Bonchev–Trinajstić information content (AvgIpc) is 2.28. The molecule has 0 radical (unpaired) electrons. The summed E-state index contributed by atoms with van der Waals surface area (Å²) in [6.07, 6.45) is 0. The summed E-state index contributed by atoms with van der Waals surface area (Å²) in [5.41, 5.74) is 1.06. The summed E-state index contributed by atoms with van der Waals surface area (Å²) in [7, 11) is 0. The first kappa shape index (κ1) is 14.5. The van der Waals surface area contributed by atoms with Gasteiger partial charge < -0.3 is 10.6 Å². The first-order chi connectivity index (χ1) is 8.40. The molecule has 1 rings (SSSR count). The number of carbonyl (C=O) groups excluding carboxylic acids is 2. The van der Waals surface area contributed by atoms with Gasteiger partial charge in [-0.15, -0.1) is 11.6 Å². The average molecular weight is 269 g/mol. The van der Waals surface area contributed by atoms with Gasteiger partial charge in [-0.05, 0) is 39.0 Å². The number of hydrogen-bond donors (Lipinski definition) is 2. The number of rotatable bonds is 4. The zero-order chi connectivity index (χ0) is 13.7. The second-order valence-electron chi connectivity index (χ2n) is 4.31. The van der Waals surface area contributed by atoms with E-state index in [1.54, 1.807) is 31.2 Å². The molecule has 0 aromatic heterocycles. The molecule has 0 fully saturated rings. The molecule has 1 aromatic rings. The molecular weight excluding hydrogens is 252 g/mol. The van der Waals surface area contributed by atoms with E-state index in [9.17, 15) is 9.59 Å². The molecule has 5 heteroatoms. The third-order valence-electron chi connectivity index (χ3n) is 2.17. The van der Waals surface area contributed by atoms with Crippen LogP contribution < -0.4 is 10.6 Å². The summed E-state index contributed by atoms with van der Waals surface area (Å²) in [4.78, 5) is 23.2. The molecule has 2 amide bonds. The molecule has 0 aliphatic heterocycles. The van der Waals surface area contributed by atoms with Crippen LogP contribution in [-0.2, 0) is 4.79 Å². The van der Waals surface area contributed by atoms with Gasteiger partial charge in [0, 0.05) is 17.3 Å². The lowest BCUT2D eigenvalue weighted by Crippen LogP contribution is -2.30. The van der Waals surface area contributed by atoms with E-state index in [1.165, 1.54) is 0 Å². The number of anilines is 1. The molecule has 0 spiro atoms. The number of amides is 2. The Labute approximate surface area is 112 Å². The van der Waals surface area contributed by atoms with Crippen molar-refractivity contribution in [2.75, 3.05) is 5.32 Å². The molecule has 2 N–H and O–H groups in total. The molecule has 0 bridgehead atoms. The van der Waals surface area contributed by atoms with Gasteiger partial charge in [0.25, 0.3) is 5.91 Å². The summed E-state index contributed by atoms with van der Waals surface area (Å²) in [6, 6.07) is 6.80. The van der Waals surface area contributed by atoms with Crippen LogP contribution in [0.15, 0.2) is 24.3 Å². The molecule has 1 unspecified atom stereocenters. The zero-order valence-electron chi connectivity index (χ0n) is 10.7. The molecule has 98 valence electrons. The Morgan fingerprint density at radius 2 is 1.89 bits per heavy atom. The van der Waals surface area contributed by atoms with Gasteiger partial charge in [0.05, 0.1) is 0 Å². The van der Waals surface area contributed by atoms with Gasteiger partial charge in [0.2, 0.25) is 5.91 Å². The third kappa shape index (κ3) is 4.37. The highest BCUT2D eigenvalue weighted by atomic mass is 35.5. The van der Waals surface area contributed by atoms with Crippen LogP contribution in [0.3, 0.4) is 0 Å². The minimum Gasteiger partial charge on any atom is -0.350 e. The summed E-state index contributed by atoms with van der Waals surface area (Å²) >= 11 is 5.66. The van der Waals surface area contributed by atoms with Gasteiger partial charge >= 0.3 is 0 Å². The molecule has 18 heavy (non-hydrogen) atoms. The van der Waals surface area contributed by atoms with E-state index >= 15 is 0 Å². The fourth-order valence-electron chi connectivity index (χ4n) is 1.33. The van der Waals surface area contributed by atoms with E-state index in [4.69, 9.17) is 11.6 Å². The fourth-order valence-corrected chi connectivity index (χ4v) is 1.38. The van der Waals surface area contributed by atoms with Crippen LogP contribution in [0.25, 0.3) is 0 Å². The Kier molecular flexibility index (Phi) is 5.16. The minimum absolute atomic E-state index is 0.0682. The maximum Gasteiger partial charge on any atom is 0.251 e. The predicted molar refractivity (Wildman–Crippen MR) is 73.0 cm³/mol. The maximum absolute atomic E-state index is 11.8. The molecule has 1 atom stereocenters. The standard InChI is InChI=1S/C13H17ClN2O2/c1-8(2)15-13(18)10-5-4-6-11(7-10)16-12(17)9(3)14/h4-9H,1-3H3,(H,15,18)(H,16,17). The molecule has 0 heterocycles. The highest BCUT2D eigenvalue weighted by molar-refractivity contribution is 6.32. The molecule has 4 nitrogen and oxygen atoms in total. The van der Waals surface area contributed by atoms with Crippen LogP contribution in [-0.4, -0.2) is 23.2 Å². The number of carbonyl (C=O) groups is 2. The van der Waals surface area contributed by atoms with Gasteiger partial charge in [-0.2, -0.15) is 0 Å².